The third kappa shape index (κ3) is 3.51. The summed E-state index contributed by atoms with van der Waals surface area (Å²) in [5, 5.41) is 0. The van der Waals surface area contributed by atoms with Crippen LogP contribution in [0.2, 0.25) is 0 Å². The number of carbonyl (C=O) groups is 1. The van der Waals surface area contributed by atoms with E-state index < -0.39 is 5.91 Å². The Kier molecular flexibility index (Phi) is 4.06. The Morgan fingerprint density at radius 3 is 2.76 bits per heavy atom. The van der Waals surface area contributed by atoms with Crippen LogP contribution in [-0.2, 0) is 9.57 Å². The summed E-state index contributed by atoms with van der Waals surface area (Å²) in [5.74, 6) is -0.780. The number of ether oxygens (including phenoxy) is 1. The van der Waals surface area contributed by atoms with E-state index in [9.17, 15) is 9.18 Å². The monoisotopic (exact) mass is 239 g/mol. The third-order valence-electron chi connectivity index (χ3n) is 2.53. The zero-order valence-electron chi connectivity index (χ0n) is 9.32. The maximum Gasteiger partial charge on any atom is 0.274 e. The predicted molar refractivity (Wildman–Crippen MR) is 58.5 cm³/mol. The van der Waals surface area contributed by atoms with E-state index in [1.807, 2.05) is 0 Å². The van der Waals surface area contributed by atoms with Gasteiger partial charge in [-0.3, -0.25) is 4.79 Å². The van der Waals surface area contributed by atoms with E-state index >= 15 is 0 Å². The predicted octanol–water partition coefficient (Wildman–Crippen LogP) is 2.01. The van der Waals surface area contributed by atoms with Crippen molar-refractivity contribution in [3.05, 3.63) is 35.6 Å². The van der Waals surface area contributed by atoms with Crippen molar-refractivity contribution >= 4 is 5.91 Å². The minimum absolute atomic E-state index is 0.349. The number of benzene rings is 1. The van der Waals surface area contributed by atoms with E-state index in [1.54, 1.807) is 0 Å². The van der Waals surface area contributed by atoms with Gasteiger partial charge in [0, 0.05) is 18.6 Å². The smallest absolute Gasteiger partial charge is 0.274 e. The Morgan fingerprint density at radius 1 is 1.35 bits per heavy atom. The van der Waals surface area contributed by atoms with E-state index in [0.29, 0.717) is 12.2 Å². The number of nitrogens with one attached hydrogen (secondary N) is 1. The summed E-state index contributed by atoms with van der Waals surface area (Å²) < 4.78 is 17.9. The van der Waals surface area contributed by atoms with Crippen LogP contribution >= 0.6 is 0 Å². The first-order valence-corrected chi connectivity index (χ1v) is 5.59. The fourth-order valence-corrected chi connectivity index (χ4v) is 1.58. The molecule has 0 bridgehead atoms. The molecule has 1 fully saturated rings. The van der Waals surface area contributed by atoms with Crippen molar-refractivity contribution in [2.75, 3.05) is 6.61 Å². The number of carbonyl (C=O) groups excluding carboxylic acids is 1. The van der Waals surface area contributed by atoms with E-state index in [1.165, 1.54) is 24.3 Å². The SMILES string of the molecule is O=C(NOC1CCCCO1)c1ccc(F)cc1. The second kappa shape index (κ2) is 5.75. The van der Waals surface area contributed by atoms with Gasteiger partial charge in [0.25, 0.3) is 5.91 Å². The second-order valence-electron chi connectivity index (χ2n) is 3.85. The maximum atomic E-state index is 12.6. The molecule has 4 nitrogen and oxygen atoms in total. The molecule has 0 aliphatic carbocycles. The lowest BCUT2D eigenvalue weighted by Gasteiger charge is -2.22. The van der Waals surface area contributed by atoms with Gasteiger partial charge in [-0.15, -0.1) is 0 Å². The maximum absolute atomic E-state index is 12.6. The number of rotatable bonds is 3. The number of halogens is 1. The quantitative estimate of drug-likeness (QED) is 0.821. The van der Waals surface area contributed by atoms with Crippen molar-refractivity contribution in [3.8, 4) is 0 Å². The molecule has 0 spiro atoms. The minimum Gasteiger partial charge on any atom is -0.350 e. The topological polar surface area (TPSA) is 47.6 Å². The lowest BCUT2D eigenvalue weighted by molar-refractivity contribution is -0.186. The molecule has 1 N–H and O–H groups in total. The minimum atomic E-state index is -0.404. The molecule has 0 radical (unpaired) electrons. The molecule has 1 heterocycles. The molecule has 1 saturated heterocycles. The number of hydrogen-bond acceptors (Lipinski definition) is 3. The van der Waals surface area contributed by atoms with Crippen LogP contribution < -0.4 is 5.48 Å². The molecular weight excluding hydrogens is 225 g/mol. The fraction of sp³-hybridized carbons (Fsp3) is 0.417. The highest BCUT2D eigenvalue weighted by Gasteiger charge is 2.16. The van der Waals surface area contributed by atoms with Crippen LogP contribution in [-0.4, -0.2) is 18.8 Å². The molecule has 1 aliphatic rings. The standard InChI is InChI=1S/C12H14FNO3/c13-10-6-4-9(5-7-10)12(15)14-17-11-3-1-2-8-16-11/h4-7,11H,1-3,8H2,(H,14,15). The van der Waals surface area contributed by atoms with Crippen molar-refractivity contribution in [2.45, 2.75) is 25.6 Å². The molecule has 1 atom stereocenters. The van der Waals surface area contributed by atoms with Gasteiger partial charge >= 0.3 is 0 Å². The molecular formula is C12H14FNO3. The van der Waals surface area contributed by atoms with Gasteiger partial charge in [-0.1, -0.05) is 0 Å². The third-order valence-corrected chi connectivity index (χ3v) is 2.53. The molecule has 2 rings (SSSR count). The number of hydroxylamine groups is 1. The summed E-state index contributed by atoms with van der Waals surface area (Å²) in [4.78, 5) is 16.7. The van der Waals surface area contributed by atoms with Crippen LogP contribution in [0.25, 0.3) is 0 Å². The summed E-state index contributed by atoms with van der Waals surface area (Å²) >= 11 is 0. The van der Waals surface area contributed by atoms with Gasteiger partial charge in [0.05, 0.1) is 0 Å². The van der Waals surface area contributed by atoms with Crippen molar-refractivity contribution < 1.29 is 18.8 Å². The Morgan fingerprint density at radius 2 is 2.12 bits per heavy atom. The Balaban J connectivity index is 1.82. The van der Waals surface area contributed by atoms with Crippen LogP contribution in [0.1, 0.15) is 29.6 Å². The summed E-state index contributed by atoms with van der Waals surface area (Å²) in [6.45, 7) is 0.650. The molecule has 1 unspecified atom stereocenters. The second-order valence-corrected chi connectivity index (χ2v) is 3.85. The first-order chi connectivity index (χ1) is 8.25. The van der Waals surface area contributed by atoms with E-state index in [2.05, 4.69) is 5.48 Å². The lowest BCUT2D eigenvalue weighted by Crippen LogP contribution is -2.33. The normalized spacial score (nSPS) is 19.9. The van der Waals surface area contributed by atoms with Gasteiger partial charge in [-0.2, -0.15) is 0 Å². The molecule has 92 valence electrons. The fourth-order valence-electron chi connectivity index (χ4n) is 1.58. The first kappa shape index (κ1) is 12.0. The van der Waals surface area contributed by atoms with Gasteiger partial charge in [-0.05, 0) is 37.1 Å². The largest absolute Gasteiger partial charge is 0.350 e. The van der Waals surface area contributed by atoms with Crippen molar-refractivity contribution in [2.24, 2.45) is 0 Å². The Hall–Kier alpha value is -1.46. The van der Waals surface area contributed by atoms with Crippen LogP contribution in [0.15, 0.2) is 24.3 Å². The summed E-state index contributed by atoms with van der Waals surface area (Å²) in [6.07, 6.45) is 2.43. The molecule has 1 amide bonds. The zero-order valence-corrected chi connectivity index (χ0v) is 9.32. The summed E-state index contributed by atoms with van der Waals surface area (Å²) in [5.41, 5.74) is 2.65. The highest BCUT2D eigenvalue weighted by atomic mass is 19.1. The number of hydrogen-bond donors (Lipinski definition) is 1. The molecule has 0 aromatic heterocycles. The van der Waals surface area contributed by atoms with Gasteiger partial charge in [0.15, 0.2) is 6.29 Å². The van der Waals surface area contributed by atoms with E-state index in [0.717, 1.165) is 19.3 Å². The van der Waals surface area contributed by atoms with E-state index in [4.69, 9.17) is 9.57 Å². The molecule has 1 aromatic carbocycles. The first-order valence-electron chi connectivity index (χ1n) is 5.59. The molecule has 5 heteroatoms. The Bertz CT molecular complexity index is 374. The average molecular weight is 239 g/mol. The summed E-state index contributed by atoms with van der Waals surface area (Å²) in [7, 11) is 0. The molecule has 17 heavy (non-hydrogen) atoms. The summed E-state index contributed by atoms with van der Waals surface area (Å²) in [6, 6.07) is 5.25. The number of amides is 1. The van der Waals surface area contributed by atoms with Crippen LogP contribution in [0, 0.1) is 5.82 Å². The molecule has 0 saturated carbocycles. The van der Waals surface area contributed by atoms with Gasteiger partial charge in [-0.25, -0.2) is 14.7 Å². The van der Waals surface area contributed by atoms with Gasteiger partial charge in [0.2, 0.25) is 0 Å². The van der Waals surface area contributed by atoms with Gasteiger partial charge < -0.3 is 4.74 Å². The highest BCUT2D eigenvalue weighted by Crippen LogP contribution is 2.12. The van der Waals surface area contributed by atoms with Crippen LogP contribution in [0.5, 0.6) is 0 Å². The van der Waals surface area contributed by atoms with E-state index in [-0.39, 0.29) is 12.1 Å². The molecule has 1 aliphatic heterocycles. The highest BCUT2D eigenvalue weighted by molar-refractivity contribution is 5.93. The van der Waals surface area contributed by atoms with Crippen LogP contribution in [0.3, 0.4) is 0 Å². The van der Waals surface area contributed by atoms with Crippen molar-refractivity contribution in [3.63, 3.8) is 0 Å². The lowest BCUT2D eigenvalue weighted by atomic mass is 10.2. The average Bonchev–Trinajstić information content (AvgIpc) is 2.38. The van der Waals surface area contributed by atoms with Gasteiger partial charge in [0.1, 0.15) is 5.82 Å². The Labute approximate surface area is 98.7 Å². The molecule has 1 aromatic rings. The van der Waals surface area contributed by atoms with Crippen molar-refractivity contribution in [1.82, 2.24) is 5.48 Å². The van der Waals surface area contributed by atoms with Crippen molar-refractivity contribution in [1.29, 1.82) is 0 Å². The van der Waals surface area contributed by atoms with Crippen LogP contribution in [0.4, 0.5) is 4.39 Å². The zero-order chi connectivity index (χ0) is 12.1.